The summed E-state index contributed by atoms with van der Waals surface area (Å²) in [4.78, 5) is 34.6. The van der Waals surface area contributed by atoms with Gasteiger partial charge in [-0.2, -0.15) is 0 Å². The number of carbonyl (C=O) groups excluding carboxylic acids is 3. The Hall–Kier alpha value is -2.37. The lowest BCUT2D eigenvalue weighted by Gasteiger charge is -2.08. The minimum atomic E-state index is -0.209. The molecule has 23 heavy (non-hydrogen) atoms. The van der Waals surface area contributed by atoms with Crippen LogP contribution in [0.5, 0.6) is 0 Å². The lowest BCUT2D eigenvalue weighted by atomic mass is 10.2. The first-order valence-electron chi connectivity index (χ1n) is 8.01. The quantitative estimate of drug-likeness (QED) is 0.680. The molecule has 1 aromatic carbocycles. The maximum atomic E-state index is 11.7. The van der Waals surface area contributed by atoms with Crippen molar-refractivity contribution in [1.82, 2.24) is 10.6 Å². The zero-order chi connectivity index (χ0) is 16.7. The van der Waals surface area contributed by atoms with Gasteiger partial charge in [-0.25, -0.2) is 0 Å². The number of hydrogen-bond acceptors (Lipinski definition) is 3. The van der Waals surface area contributed by atoms with Crippen molar-refractivity contribution in [3.8, 4) is 0 Å². The van der Waals surface area contributed by atoms with Crippen LogP contribution in [0.4, 0.5) is 5.69 Å². The van der Waals surface area contributed by atoms with Gasteiger partial charge >= 0.3 is 0 Å². The van der Waals surface area contributed by atoms with Crippen LogP contribution >= 0.6 is 0 Å². The summed E-state index contributed by atoms with van der Waals surface area (Å²) >= 11 is 0. The molecule has 0 spiro atoms. The van der Waals surface area contributed by atoms with E-state index in [-0.39, 0.29) is 30.2 Å². The number of carbonyl (C=O) groups is 3. The first-order valence-corrected chi connectivity index (χ1v) is 8.01. The molecule has 1 aromatic rings. The van der Waals surface area contributed by atoms with Crippen molar-refractivity contribution in [2.75, 3.05) is 11.9 Å². The minimum Gasteiger partial charge on any atom is -0.350 e. The maximum absolute atomic E-state index is 11.7. The molecule has 1 aliphatic rings. The predicted molar refractivity (Wildman–Crippen MR) is 87.6 cm³/mol. The van der Waals surface area contributed by atoms with Crippen LogP contribution in [-0.2, 0) is 20.9 Å². The second-order valence-electron chi connectivity index (χ2n) is 5.76. The molecule has 6 heteroatoms. The summed E-state index contributed by atoms with van der Waals surface area (Å²) in [5, 5.41) is 8.19. The Bertz CT molecular complexity index is 565. The third kappa shape index (κ3) is 6.10. The highest BCUT2D eigenvalue weighted by atomic mass is 16.2. The molecule has 0 saturated heterocycles. The number of anilines is 1. The summed E-state index contributed by atoms with van der Waals surface area (Å²) in [6, 6.07) is 7.32. The van der Waals surface area contributed by atoms with Crippen molar-refractivity contribution in [1.29, 1.82) is 0 Å². The fourth-order valence-corrected chi connectivity index (χ4v) is 2.08. The van der Waals surface area contributed by atoms with Crippen LogP contribution in [0.3, 0.4) is 0 Å². The molecule has 6 nitrogen and oxygen atoms in total. The lowest BCUT2D eigenvalue weighted by molar-refractivity contribution is -0.126. The highest BCUT2D eigenvalue weighted by Gasteiger charge is 2.29. The number of amides is 3. The van der Waals surface area contributed by atoms with E-state index in [1.807, 2.05) is 31.2 Å². The largest absolute Gasteiger partial charge is 0.350 e. The molecule has 124 valence electrons. The van der Waals surface area contributed by atoms with Crippen LogP contribution in [0.1, 0.15) is 38.2 Å². The van der Waals surface area contributed by atoms with Crippen molar-refractivity contribution in [3.63, 3.8) is 0 Å². The van der Waals surface area contributed by atoms with Gasteiger partial charge < -0.3 is 16.0 Å². The Labute approximate surface area is 136 Å². The zero-order valence-corrected chi connectivity index (χ0v) is 13.4. The number of rotatable bonds is 8. The van der Waals surface area contributed by atoms with Crippen LogP contribution in [0.25, 0.3) is 0 Å². The molecular formula is C17H23N3O3. The van der Waals surface area contributed by atoms with E-state index in [9.17, 15) is 14.4 Å². The fourth-order valence-electron chi connectivity index (χ4n) is 2.08. The molecule has 2 rings (SSSR count). The van der Waals surface area contributed by atoms with Gasteiger partial charge in [-0.05, 0) is 37.0 Å². The van der Waals surface area contributed by atoms with Crippen molar-refractivity contribution < 1.29 is 14.4 Å². The van der Waals surface area contributed by atoms with E-state index in [4.69, 9.17) is 0 Å². The van der Waals surface area contributed by atoms with Crippen molar-refractivity contribution in [3.05, 3.63) is 29.8 Å². The molecular weight excluding hydrogens is 294 g/mol. The van der Waals surface area contributed by atoms with Gasteiger partial charge in [-0.1, -0.05) is 19.1 Å². The number of benzene rings is 1. The third-order valence-electron chi connectivity index (χ3n) is 3.58. The summed E-state index contributed by atoms with van der Waals surface area (Å²) in [6.07, 6.45) is 3.17. The van der Waals surface area contributed by atoms with Gasteiger partial charge in [0.25, 0.3) is 0 Å². The van der Waals surface area contributed by atoms with Crippen LogP contribution < -0.4 is 16.0 Å². The van der Waals surface area contributed by atoms with Gasteiger partial charge in [0.1, 0.15) is 0 Å². The standard InChI is InChI=1S/C17H23N3O3/c1-2-3-15(21)20-14-8-4-12(5-9-14)10-18-16(22)11-19-17(23)13-6-7-13/h4-5,8-9,13H,2-3,6-7,10-11H2,1H3,(H,18,22)(H,19,23)(H,20,21). The second kappa shape index (κ2) is 8.31. The molecule has 1 saturated carbocycles. The Kier molecular flexibility index (Phi) is 6.14. The summed E-state index contributed by atoms with van der Waals surface area (Å²) in [5.41, 5.74) is 1.68. The summed E-state index contributed by atoms with van der Waals surface area (Å²) < 4.78 is 0. The van der Waals surface area contributed by atoms with Gasteiger partial charge in [-0.3, -0.25) is 14.4 Å². The Morgan fingerprint density at radius 3 is 2.35 bits per heavy atom. The van der Waals surface area contributed by atoms with Crippen molar-refractivity contribution in [2.24, 2.45) is 5.92 Å². The van der Waals surface area contributed by atoms with Gasteiger partial charge in [0.2, 0.25) is 17.7 Å². The summed E-state index contributed by atoms with van der Waals surface area (Å²) in [7, 11) is 0. The van der Waals surface area contributed by atoms with Crippen LogP contribution in [0, 0.1) is 5.92 Å². The van der Waals surface area contributed by atoms with E-state index < -0.39 is 0 Å². The van der Waals surface area contributed by atoms with Gasteiger partial charge in [-0.15, -0.1) is 0 Å². The SMILES string of the molecule is CCCC(=O)Nc1ccc(CNC(=O)CNC(=O)C2CC2)cc1. The second-order valence-corrected chi connectivity index (χ2v) is 5.76. The van der Waals surface area contributed by atoms with Gasteiger partial charge in [0, 0.05) is 24.6 Å². The molecule has 0 atom stereocenters. The highest BCUT2D eigenvalue weighted by molar-refractivity contribution is 5.90. The van der Waals surface area contributed by atoms with E-state index in [1.54, 1.807) is 0 Å². The van der Waals surface area contributed by atoms with Crippen LogP contribution in [0.15, 0.2) is 24.3 Å². The third-order valence-corrected chi connectivity index (χ3v) is 3.58. The molecule has 1 aliphatic carbocycles. The molecule has 1 fully saturated rings. The Balaban J connectivity index is 1.69. The van der Waals surface area contributed by atoms with E-state index in [0.29, 0.717) is 13.0 Å². The Morgan fingerprint density at radius 2 is 1.74 bits per heavy atom. The molecule has 0 aromatic heterocycles. The predicted octanol–water partition coefficient (Wildman–Crippen LogP) is 1.57. The molecule has 0 aliphatic heterocycles. The van der Waals surface area contributed by atoms with Gasteiger partial charge in [0.15, 0.2) is 0 Å². The maximum Gasteiger partial charge on any atom is 0.239 e. The van der Waals surface area contributed by atoms with E-state index in [0.717, 1.165) is 30.5 Å². The van der Waals surface area contributed by atoms with Crippen LogP contribution in [0.2, 0.25) is 0 Å². The monoisotopic (exact) mass is 317 g/mol. The Morgan fingerprint density at radius 1 is 1.04 bits per heavy atom. The zero-order valence-electron chi connectivity index (χ0n) is 13.4. The number of nitrogens with one attached hydrogen (secondary N) is 3. The fraction of sp³-hybridized carbons (Fsp3) is 0.471. The lowest BCUT2D eigenvalue weighted by Crippen LogP contribution is -2.37. The normalized spacial score (nSPS) is 13.3. The average molecular weight is 317 g/mol. The molecule has 0 bridgehead atoms. The highest BCUT2D eigenvalue weighted by Crippen LogP contribution is 2.28. The molecule has 3 amide bonds. The van der Waals surface area contributed by atoms with Crippen molar-refractivity contribution in [2.45, 2.75) is 39.2 Å². The number of hydrogen-bond donors (Lipinski definition) is 3. The molecule has 0 unspecified atom stereocenters. The first-order chi connectivity index (χ1) is 11.1. The summed E-state index contributed by atoms with van der Waals surface area (Å²) in [5.74, 6) is -0.134. The van der Waals surface area contributed by atoms with Gasteiger partial charge in [0.05, 0.1) is 6.54 Å². The van der Waals surface area contributed by atoms with Crippen molar-refractivity contribution >= 4 is 23.4 Å². The topological polar surface area (TPSA) is 87.3 Å². The average Bonchev–Trinajstić information content (AvgIpc) is 3.37. The molecule has 0 radical (unpaired) electrons. The van der Waals surface area contributed by atoms with E-state index in [1.165, 1.54) is 0 Å². The molecule has 0 heterocycles. The van der Waals surface area contributed by atoms with E-state index in [2.05, 4.69) is 16.0 Å². The smallest absolute Gasteiger partial charge is 0.239 e. The van der Waals surface area contributed by atoms with E-state index >= 15 is 0 Å². The summed E-state index contributed by atoms with van der Waals surface area (Å²) in [6.45, 7) is 2.36. The van der Waals surface area contributed by atoms with Crippen LogP contribution in [-0.4, -0.2) is 24.3 Å². The minimum absolute atomic E-state index is 0.0000398. The first kappa shape index (κ1) is 17.0. The molecule has 3 N–H and O–H groups in total.